The van der Waals surface area contributed by atoms with Gasteiger partial charge in [-0.1, -0.05) is 0 Å². The molecule has 3 aromatic carbocycles. The van der Waals surface area contributed by atoms with E-state index in [1.807, 2.05) is 0 Å². The van der Waals surface area contributed by atoms with Crippen LogP contribution < -0.4 is 15.9 Å². The van der Waals surface area contributed by atoms with Gasteiger partial charge in [-0.05, 0) is 0 Å². The third-order valence-corrected chi connectivity index (χ3v) is 10.4. The molecule has 0 unspecified atom stereocenters. The van der Waals surface area contributed by atoms with Gasteiger partial charge in [-0.2, -0.15) is 0 Å². The first-order chi connectivity index (χ1) is 17.1. The van der Waals surface area contributed by atoms with Gasteiger partial charge < -0.3 is 0 Å². The monoisotopic (exact) mass is 560 g/mol. The molecule has 0 aliphatic carbocycles. The Labute approximate surface area is 204 Å². The third kappa shape index (κ3) is 5.19. The first-order valence-electron chi connectivity index (χ1n) is 10.4. The third-order valence-electron chi connectivity index (χ3n) is 5.49. The number of benzene rings is 3. The van der Waals surface area contributed by atoms with Crippen molar-refractivity contribution in [3.63, 3.8) is 0 Å². The van der Waals surface area contributed by atoms with Crippen molar-refractivity contribution in [2.24, 2.45) is 0 Å². The topological polar surface area (TPSA) is 18.5 Å². The van der Waals surface area contributed by atoms with Gasteiger partial charge in [0.25, 0.3) is 0 Å². The van der Waals surface area contributed by atoms with E-state index in [9.17, 15) is 43.9 Å². The van der Waals surface area contributed by atoms with Crippen molar-refractivity contribution in [2.75, 3.05) is 13.2 Å². The van der Waals surface area contributed by atoms with Crippen LogP contribution in [0.4, 0.5) is 43.9 Å². The van der Waals surface area contributed by atoms with Gasteiger partial charge in [-0.15, -0.1) is 0 Å². The van der Waals surface area contributed by atoms with Crippen LogP contribution in [0.3, 0.4) is 0 Å². The molecule has 0 amide bonds. The summed E-state index contributed by atoms with van der Waals surface area (Å²) >= 11 is 0. The Balaban J connectivity index is 2.44. The number of alkyl halides is 10. The van der Waals surface area contributed by atoms with E-state index in [4.69, 9.17) is 9.05 Å². The van der Waals surface area contributed by atoms with Crippen molar-refractivity contribution in [1.82, 2.24) is 0 Å². The van der Waals surface area contributed by atoms with Crippen molar-refractivity contribution >= 4 is 23.0 Å². The maximum atomic E-state index is 14.2. The zero-order valence-corrected chi connectivity index (χ0v) is 19.5. The van der Waals surface area contributed by atoms with E-state index in [-0.39, 0.29) is 15.9 Å². The van der Waals surface area contributed by atoms with Gasteiger partial charge in [0.05, 0.1) is 0 Å². The Morgan fingerprint density at radius 3 is 0.892 bits per heavy atom. The number of rotatable bonds is 9. The Hall–Kier alpha value is -2.69. The number of hydrogen-bond donors (Lipinski definition) is 0. The first kappa shape index (κ1) is 28.9. The molecule has 0 saturated carbocycles. The number of hydrogen-bond acceptors (Lipinski definition) is 2. The summed E-state index contributed by atoms with van der Waals surface area (Å²) in [6.45, 7) is -4.85. The molecule has 0 fully saturated rings. The molecule has 3 aromatic rings. The predicted octanol–water partition coefficient (Wildman–Crippen LogP) is 6.77. The molecule has 0 N–H and O–H groups in total. The van der Waals surface area contributed by atoms with E-state index in [0.29, 0.717) is 0 Å². The molecule has 0 spiro atoms. The summed E-state index contributed by atoms with van der Waals surface area (Å²) in [4.78, 5) is 0. The van der Waals surface area contributed by atoms with E-state index < -0.39 is 44.5 Å². The van der Waals surface area contributed by atoms with Crippen molar-refractivity contribution in [3.8, 4) is 0 Å². The van der Waals surface area contributed by atoms with Crippen molar-refractivity contribution in [3.05, 3.63) is 91.0 Å². The van der Waals surface area contributed by atoms with E-state index in [1.165, 1.54) is 54.6 Å². The Morgan fingerprint density at radius 1 is 0.432 bits per heavy atom. The fourth-order valence-electron chi connectivity index (χ4n) is 3.60. The summed E-state index contributed by atoms with van der Waals surface area (Å²) in [5.74, 6) is -11.0. The second-order valence-electron chi connectivity index (χ2n) is 7.92. The Kier molecular flexibility index (Phi) is 7.71. The zero-order chi connectivity index (χ0) is 27.6. The summed E-state index contributed by atoms with van der Waals surface area (Å²) in [5, 5.41) is -0.912. The molecule has 13 heteroatoms. The summed E-state index contributed by atoms with van der Waals surface area (Å²) in [7, 11) is -5.84. The van der Waals surface area contributed by atoms with Crippen molar-refractivity contribution in [2.45, 2.75) is 24.2 Å². The van der Waals surface area contributed by atoms with E-state index >= 15 is 0 Å². The summed E-state index contributed by atoms with van der Waals surface area (Å²) in [6.07, 6.45) is -12.2. The molecule has 0 bridgehead atoms. The molecule has 3 rings (SSSR count). The fourth-order valence-corrected chi connectivity index (χ4v) is 8.42. The minimum absolute atomic E-state index is 0.304. The van der Waals surface area contributed by atoms with Crippen LogP contribution in [-0.2, 0) is 9.05 Å². The van der Waals surface area contributed by atoms with E-state index in [0.717, 1.165) is 36.4 Å². The van der Waals surface area contributed by atoms with Crippen LogP contribution in [0.15, 0.2) is 91.0 Å². The SMILES string of the molecule is FC(F)(F)C(F)(F)COP(OCC(F)(F)C(F)(F)F)(c1ccccc1)(c1ccccc1)c1ccccc1. The van der Waals surface area contributed by atoms with Gasteiger partial charge in [0.15, 0.2) is 0 Å². The Bertz CT molecular complexity index is 1030. The molecular formula is C24H19F10O2P. The predicted molar refractivity (Wildman–Crippen MR) is 119 cm³/mol. The fraction of sp³-hybridized carbons (Fsp3) is 0.250. The minimum atomic E-state index is -6.12. The van der Waals surface area contributed by atoms with E-state index in [2.05, 4.69) is 0 Å². The zero-order valence-electron chi connectivity index (χ0n) is 18.6. The van der Waals surface area contributed by atoms with Gasteiger partial charge in [0.1, 0.15) is 0 Å². The molecule has 0 saturated heterocycles. The van der Waals surface area contributed by atoms with Gasteiger partial charge in [0.2, 0.25) is 0 Å². The van der Waals surface area contributed by atoms with Gasteiger partial charge in [-0.3, -0.25) is 0 Å². The van der Waals surface area contributed by atoms with Crippen LogP contribution in [0.25, 0.3) is 0 Å². The van der Waals surface area contributed by atoms with Crippen LogP contribution in [0.5, 0.6) is 0 Å². The molecule has 0 aliphatic heterocycles. The quantitative estimate of drug-likeness (QED) is 0.212. The maximum absolute atomic E-state index is 14.2. The average molecular weight is 560 g/mol. The van der Waals surface area contributed by atoms with Crippen LogP contribution >= 0.6 is 7.06 Å². The molecule has 0 atom stereocenters. The molecule has 2 nitrogen and oxygen atoms in total. The Morgan fingerprint density at radius 2 is 0.676 bits per heavy atom. The molecule has 0 radical (unpaired) electrons. The first-order valence-corrected chi connectivity index (χ1v) is 12.5. The van der Waals surface area contributed by atoms with Crippen LogP contribution in [0, 0.1) is 0 Å². The second kappa shape index (κ2) is 9.89. The number of halogens is 10. The normalized spacial score (nSPS) is 14.7. The van der Waals surface area contributed by atoms with Crippen LogP contribution in [0.1, 0.15) is 0 Å². The molecular weight excluding hydrogens is 541 g/mol. The standard InChI is InChI=1S/C24H19F10O2P/c25-21(26,23(29,30)31)16-35-37(18-10-4-1-5-11-18,19-12-6-2-7-13-19,20-14-8-3-9-15-20)36-17-22(27,28)24(32,33)34/h1-15H,16-17H2. The molecule has 0 heterocycles. The molecule has 0 aliphatic rings. The summed E-state index contributed by atoms with van der Waals surface area (Å²) in [5.41, 5.74) is 0. The van der Waals surface area contributed by atoms with Gasteiger partial charge in [0, 0.05) is 0 Å². The summed E-state index contributed by atoms with van der Waals surface area (Å²) < 4.78 is 147. The van der Waals surface area contributed by atoms with Gasteiger partial charge in [-0.25, -0.2) is 0 Å². The summed E-state index contributed by atoms with van der Waals surface area (Å²) in [6, 6.07) is 18.9. The molecule has 0 aromatic heterocycles. The van der Waals surface area contributed by atoms with Crippen LogP contribution in [-0.4, -0.2) is 37.4 Å². The van der Waals surface area contributed by atoms with Gasteiger partial charge >= 0.3 is 204 Å². The van der Waals surface area contributed by atoms with Crippen molar-refractivity contribution in [1.29, 1.82) is 0 Å². The molecule has 37 heavy (non-hydrogen) atoms. The van der Waals surface area contributed by atoms with E-state index in [1.54, 1.807) is 0 Å². The molecule has 202 valence electrons. The average Bonchev–Trinajstić information content (AvgIpc) is 2.85. The van der Waals surface area contributed by atoms with Crippen molar-refractivity contribution < 1.29 is 53.0 Å². The van der Waals surface area contributed by atoms with Crippen LogP contribution in [0.2, 0.25) is 0 Å². The second-order valence-corrected chi connectivity index (χ2v) is 11.9.